The van der Waals surface area contributed by atoms with Gasteiger partial charge in [0, 0.05) is 5.41 Å². The number of benzene rings is 1. The van der Waals surface area contributed by atoms with Crippen LogP contribution in [-0.2, 0) is 19.7 Å². The molecular formula is C13H16O5S2. The molecule has 0 amide bonds. The zero-order valence-electron chi connectivity index (χ0n) is 11.1. The molecule has 0 bridgehead atoms. The van der Waals surface area contributed by atoms with Crippen LogP contribution < -0.4 is 4.74 Å². The average Bonchev–Trinajstić information content (AvgIpc) is 2.47. The molecule has 1 aliphatic heterocycles. The summed E-state index contributed by atoms with van der Waals surface area (Å²) in [6.45, 7) is 2.35. The second-order valence-electron chi connectivity index (χ2n) is 4.48. The Balaban J connectivity index is 2.49. The van der Waals surface area contributed by atoms with Gasteiger partial charge in [-0.2, -0.15) is 0 Å². The summed E-state index contributed by atoms with van der Waals surface area (Å²) in [5, 5.41) is 0.880. The van der Waals surface area contributed by atoms with Crippen LogP contribution in [0.25, 0.3) is 4.91 Å². The van der Waals surface area contributed by atoms with E-state index in [9.17, 15) is 16.8 Å². The zero-order valence-corrected chi connectivity index (χ0v) is 12.7. The van der Waals surface area contributed by atoms with Crippen LogP contribution in [0.3, 0.4) is 0 Å². The molecule has 1 heterocycles. The minimum Gasteiger partial charge on any atom is -0.494 e. The van der Waals surface area contributed by atoms with Crippen LogP contribution in [0.4, 0.5) is 0 Å². The fraction of sp³-hybridized carbons (Fsp3) is 0.385. The van der Waals surface area contributed by atoms with Gasteiger partial charge in [0.05, 0.1) is 23.0 Å². The Kier molecular flexibility index (Phi) is 4.19. The lowest BCUT2D eigenvalue weighted by Gasteiger charge is -2.08. The zero-order chi connectivity index (χ0) is 14.8. The summed E-state index contributed by atoms with van der Waals surface area (Å²) in [5.74, 6) is 0.337. The number of ether oxygens (including phenoxy) is 1. The smallest absolute Gasteiger partial charge is 0.179 e. The predicted molar refractivity (Wildman–Crippen MR) is 77.8 cm³/mol. The monoisotopic (exact) mass is 316 g/mol. The van der Waals surface area contributed by atoms with E-state index in [0.29, 0.717) is 17.9 Å². The maximum absolute atomic E-state index is 12.1. The molecule has 5 nitrogen and oxygen atoms in total. The molecule has 0 fully saturated rings. The maximum atomic E-state index is 12.1. The van der Waals surface area contributed by atoms with Crippen molar-refractivity contribution in [1.29, 1.82) is 0 Å². The molecule has 0 aliphatic carbocycles. The molecule has 0 aromatic heterocycles. The van der Waals surface area contributed by atoms with Crippen LogP contribution in [0.1, 0.15) is 18.9 Å². The molecule has 0 atom stereocenters. The molecule has 1 aliphatic rings. The van der Waals surface area contributed by atoms with Gasteiger partial charge in [-0.3, -0.25) is 0 Å². The van der Waals surface area contributed by atoms with Crippen LogP contribution in [-0.4, -0.2) is 34.9 Å². The number of rotatable bonds is 3. The van der Waals surface area contributed by atoms with Crippen molar-refractivity contribution >= 4 is 24.6 Å². The first-order valence-electron chi connectivity index (χ1n) is 6.24. The van der Waals surface area contributed by atoms with Crippen molar-refractivity contribution in [3.63, 3.8) is 0 Å². The van der Waals surface area contributed by atoms with E-state index in [1.807, 2.05) is 6.92 Å². The first-order valence-corrected chi connectivity index (χ1v) is 9.61. The Hall–Kier alpha value is -1.34. The van der Waals surface area contributed by atoms with Crippen molar-refractivity contribution in [3.8, 4) is 5.75 Å². The summed E-state index contributed by atoms with van der Waals surface area (Å²) in [6, 6.07) is 6.39. The van der Waals surface area contributed by atoms with Crippen molar-refractivity contribution in [2.45, 2.75) is 13.3 Å². The molecule has 1 aromatic carbocycles. The molecule has 0 N–H and O–H groups in total. The lowest BCUT2D eigenvalue weighted by molar-refractivity contribution is 0.340. The van der Waals surface area contributed by atoms with Crippen molar-refractivity contribution in [1.82, 2.24) is 0 Å². The van der Waals surface area contributed by atoms with Gasteiger partial charge in [-0.25, -0.2) is 16.8 Å². The normalized spacial score (nSPS) is 20.8. The summed E-state index contributed by atoms with van der Waals surface area (Å²) < 4.78 is 53.0. The van der Waals surface area contributed by atoms with Gasteiger partial charge in [-0.05, 0) is 43.2 Å². The summed E-state index contributed by atoms with van der Waals surface area (Å²) in [6.07, 6.45) is 0.127. The van der Waals surface area contributed by atoms with Crippen LogP contribution in [0.2, 0.25) is 0 Å². The van der Waals surface area contributed by atoms with Gasteiger partial charge in [-0.15, -0.1) is 0 Å². The van der Waals surface area contributed by atoms with Crippen molar-refractivity contribution in [2.24, 2.45) is 0 Å². The number of hydrogen-bond acceptors (Lipinski definition) is 5. The van der Waals surface area contributed by atoms with Crippen LogP contribution in [0, 0.1) is 0 Å². The minimum atomic E-state index is -3.57. The van der Waals surface area contributed by atoms with Crippen LogP contribution >= 0.6 is 0 Å². The second kappa shape index (κ2) is 5.57. The van der Waals surface area contributed by atoms with E-state index in [2.05, 4.69) is 0 Å². The third-order valence-electron chi connectivity index (χ3n) is 2.91. The summed E-state index contributed by atoms with van der Waals surface area (Å²) >= 11 is 0. The Morgan fingerprint density at radius 1 is 1.05 bits per heavy atom. The Labute approximate surface area is 119 Å². The number of sulfone groups is 2. The molecule has 0 radical (unpaired) electrons. The van der Waals surface area contributed by atoms with Crippen LogP contribution in [0.5, 0.6) is 5.75 Å². The van der Waals surface area contributed by atoms with Gasteiger partial charge in [0.2, 0.25) is 0 Å². The highest BCUT2D eigenvalue weighted by Gasteiger charge is 2.26. The average molecular weight is 316 g/mol. The van der Waals surface area contributed by atoms with Gasteiger partial charge in [0.1, 0.15) is 5.75 Å². The van der Waals surface area contributed by atoms with Gasteiger partial charge >= 0.3 is 0 Å². The predicted octanol–water partition coefficient (Wildman–Crippen LogP) is 1.62. The molecule has 2 rings (SSSR count). The Bertz CT molecular complexity index is 713. The molecule has 110 valence electrons. The summed E-state index contributed by atoms with van der Waals surface area (Å²) in [7, 11) is -7.05. The highest BCUT2D eigenvalue weighted by molar-refractivity contribution is 8.03. The van der Waals surface area contributed by atoms with Crippen molar-refractivity contribution in [3.05, 3.63) is 35.2 Å². The SMILES string of the molecule is CCOc1ccc(C2=CS(=O)(=O)CCCS2(=O)=O)cc1. The van der Waals surface area contributed by atoms with Crippen molar-refractivity contribution < 1.29 is 21.6 Å². The highest BCUT2D eigenvalue weighted by atomic mass is 32.2. The van der Waals surface area contributed by atoms with Gasteiger partial charge in [0.25, 0.3) is 0 Å². The largest absolute Gasteiger partial charge is 0.494 e. The fourth-order valence-corrected chi connectivity index (χ4v) is 5.56. The van der Waals surface area contributed by atoms with Crippen molar-refractivity contribution in [2.75, 3.05) is 18.1 Å². The molecule has 0 unspecified atom stereocenters. The summed E-state index contributed by atoms with van der Waals surface area (Å²) in [5.41, 5.74) is 0.374. The maximum Gasteiger partial charge on any atom is 0.179 e. The first-order chi connectivity index (χ1) is 9.34. The van der Waals surface area contributed by atoms with E-state index < -0.39 is 19.7 Å². The van der Waals surface area contributed by atoms with Gasteiger partial charge in [-0.1, -0.05) is 0 Å². The molecule has 0 saturated carbocycles. The highest BCUT2D eigenvalue weighted by Crippen LogP contribution is 2.28. The fourth-order valence-electron chi connectivity index (χ4n) is 1.99. The van der Waals surface area contributed by atoms with E-state index in [1.165, 1.54) is 0 Å². The Morgan fingerprint density at radius 2 is 1.70 bits per heavy atom. The lowest BCUT2D eigenvalue weighted by atomic mass is 10.2. The molecule has 0 saturated heterocycles. The summed E-state index contributed by atoms with van der Waals surface area (Å²) in [4.78, 5) is -0.127. The van der Waals surface area contributed by atoms with Crippen LogP contribution in [0.15, 0.2) is 29.7 Å². The quantitative estimate of drug-likeness (QED) is 0.847. The topological polar surface area (TPSA) is 77.5 Å². The standard InChI is InChI=1S/C13H16O5S2/c1-2-18-12-6-4-11(5-7-12)13-10-19(14,15)8-3-9-20(13,16)17/h4-7,10H,2-3,8-9H2,1H3. The third kappa shape index (κ3) is 3.40. The second-order valence-corrected chi connectivity index (χ2v) is 8.53. The van der Waals surface area contributed by atoms with E-state index in [1.54, 1.807) is 24.3 Å². The van der Waals surface area contributed by atoms with E-state index in [0.717, 1.165) is 5.41 Å². The van der Waals surface area contributed by atoms with E-state index in [4.69, 9.17) is 4.74 Å². The first kappa shape index (κ1) is 15.1. The molecule has 0 spiro atoms. The molecule has 1 aromatic rings. The minimum absolute atomic E-state index is 0.127. The van der Waals surface area contributed by atoms with E-state index in [-0.39, 0.29) is 22.8 Å². The molecular weight excluding hydrogens is 300 g/mol. The van der Waals surface area contributed by atoms with Gasteiger partial charge in [0.15, 0.2) is 19.7 Å². The lowest BCUT2D eigenvalue weighted by Crippen LogP contribution is -2.07. The Morgan fingerprint density at radius 3 is 2.30 bits per heavy atom. The molecule has 7 heteroatoms. The third-order valence-corrected chi connectivity index (χ3v) is 6.36. The van der Waals surface area contributed by atoms with E-state index >= 15 is 0 Å². The molecule has 20 heavy (non-hydrogen) atoms. The van der Waals surface area contributed by atoms with Gasteiger partial charge < -0.3 is 4.74 Å². The number of hydrogen-bond donors (Lipinski definition) is 0.